The van der Waals surface area contributed by atoms with Crippen LogP contribution in [0, 0.1) is 18.8 Å². The van der Waals surface area contributed by atoms with Crippen LogP contribution in [-0.2, 0) is 0 Å². The summed E-state index contributed by atoms with van der Waals surface area (Å²) in [5, 5.41) is 0. The molecule has 0 saturated heterocycles. The molecular weight excluding hydrogens is 236 g/mol. The molecule has 1 aromatic rings. The largest absolute Gasteiger partial charge is 0.496 e. The maximum absolute atomic E-state index is 5.85. The smallest absolute Gasteiger partial charge is 0.123 e. The van der Waals surface area contributed by atoms with E-state index in [0.717, 1.165) is 11.7 Å². The van der Waals surface area contributed by atoms with Gasteiger partial charge in [0.25, 0.3) is 0 Å². The van der Waals surface area contributed by atoms with Crippen LogP contribution in [0.25, 0.3) is 0 Å². The van der Waals surface area contributed by atoms with Crippen LogP contribution in [-0.4, -0.2) is 7.11 Å². The molecule has 106 valence electrons. The van der Waals surface area contributed by atoms with Gasteiger partial charge in [-0.1, -0.05) is 37.5 Å². The molecule has 0 bridgehead atoms. The van der Waals surface area contributed by atoms with Gasteiger partial charge < -0.3 is 4.74 Å². The van der Waals surface area contributed by atoms with Gasteiger partial charge in [-0.15, -0.1) is 0 Å². The first-order valence-electron chi connectivity index (χ1n) is 7.26. The number of ether oxygens (including phenoxy) is 1. The van der Waals surface area contributed by atoms with Crippen molar-refractivity contribution in [2.45, 2.75) is 45.6 Å². The SMILES string of the molecule is COc1ccc(C)cc1C(NN)C1CCCC(C)C1. The Bertz CT molecular complexity index is 419. The topological polar surface area (TPSA) is 47.3 Å². The third-order valence-electron chi connectivity index (χ3n) is 4.35. The normalized spacial score (nSPS) is 25.1. The number of hydrogen-bond acceptors (Lipinski definition) is 3. The second-order valence-corrected chi connectivity index (χ2v) is 5.92. The van der Waals surface area contributed by atoms with Crippen LogP contribution in [0.1, 0.15) is 49.8 Å². The molecule has 0 aromatic heterocycles. The molecule has 1 aliphatic carbocycles. The first kappa shape index (κ1) is 14.4. The van der Waals surface area contributed by atoms with Crippen molar-refractivity contribution in [3.05, 3.63) is 29.3 Å². The second kappa shape index (κ2) is 6.40. The number of hydrogen-bond donors (Lipinski definition) is 2. The maximum atomic E-state index is 5.85. The Morgan fingerprint density at radius 1 is 1.37 bits per heavy atom. The number of rotatable bonds is 4. The lowest BCUT2D eigenvalue weighted by atomic mass is 9.76. The lowest BCUT2D eigenvalue weighted by Crippen LogP contribution is -2.35. The molecule has 3 unspecified atom stereocenters. The van der Waals surface area contributed by atoms with Crippen molar-refractivity contribution in [2.24, 2.45) is 17.7 Å². The molecule has 0 radical (unpaired) electrons. The molecule has 0 heterocycles. The van der Waals surface area contributed by atoms with Crippen LogP contribution < -0.4 is 16.0 Å². The Hall–Kier alpha value is -1.06. The first-order valence-corrected chi connectivity index (χ1v) is 7.26. The molecule has 1 aliphatic rings. The van der Waals surface area contributed by atoms with Gasteiger partial charge in [0.15, 0.2) is 0 Å². The van der Waals surface area contributed by atoms with Crippen LogP contribution in [0.15, 0.2) is 18.2 Å². The molecule has 3 N–H and O–H groups in total. The molecule has 2 rings (SSSR count). The Labute approximate surface area is 116 Å². The summed E-state index contributed by atoms with van der Waals surface area (Å²) < 4.78 is 5.51. The van der Waals surface area contributed by atoms with E-state index in [2.05, 4.69) is 31.4 Å². The summed E-state index contributed by atoms with van der Waals surface area (Å²) >= 11 is 0. The van der Waals surface area contributed by atoms with Gasteiger partial charge in [0.1, 0.15) is 5.75 Å². The van der Waals surface area contributed by atoms with Crippen molar-refractivity contribution in [3.8, 4) is 5.75 Å². The highest BCUT2D eigenvalue weighted by molar-refractivity contribution is 5.39. The molecule has 1 saturated carbocycles. The fourth-order valence-corrected chi connectivity index (χ4v) is 3.36. The fourth-order valence-electron chi connectivity index (χ4n) is 3.36. The molecule has 3 heteroatoms. The highest BCUT2D eigenvalue weighted by Gasteiger charge is 2.28. The van der Waals surface area contributed by atoms with Crippen molar-refractivity contribution < 1.29 is 4.74 Å². The highest BCUT2D eigenvalue weighted by atomic mass is 16.5. The average Bonchev–Trinajstić information content (AvgIpc) is 2.40. The van der Waals surface area contributed by atoms with Gasteiger partial charge in [-0.25, -0.2) is 0 Å². The first-order chi connectivity index (χ1) is 9.15. The summed E-state index contributed by atoms with van der Waals surface area (Å²) in [6.07, 6.45) is 5.14. The Kier molecular flexibility index (Phi) is 4.83. The highest BCUT2D eigenvalue weighted by Crippen LogP contribution is 2.39. The summed E-state index contributed by atoms with van der Waals surface area (Å²) in [6, 6.07) is 6.51. The van der Waals surface area contributed by atoms with Crippen LogP contribution in [0.5, 0.6) is 5.75 Å². The summed E-state index contributed by atoms with van der Waals surface area (Å²) in [4.78, 5) is 0. The number of nitrogens with two attached hydrogens (primary N) is 1. The molecule has 1 aromatic carbocycles. The quantitative estimate of drug-likeness (QED) is 0.646. The van der Waals surface area contributed by atoms with Crippen LogP contribution in [0.4, 0.5) is 0 Å². The molecule has 3 atom stereocenters. The second-order valence-electron chi connectivity index (χ2n) is 5.92. The fraction of sp³-hybridized carbons (Fsp3) is 0.625. The van der Waals surface area contributed by atoms with E-state index in [-0.39, 0.29) is 6.04 Å². The van der Waals surface area contributed by atoms with Gasteiger partial charge in [-0.2, -0.15) is 0 Å². The Morgan fingerprint density at radius 3 is 2.79 bits per heavy atom. The average molecular weight is 262 g/mol. The molecule has 19 heavy (non-hydrogen) atoms. The predicted molar refractivity (Wildman–Crippen MR) is 78.9 cm³/mol. The third-order valence-corrected chi connectivity index (χ3v) is 4.35. The number of aryl methyl sites for hydroxylation is 1. The zero-order chi connectivity index (χ0) is 13.8. The van der Waals surface area contributed by atoms with Crippen molar-refractivity contribution in [1.29, 1.82) is 0 Å². The van der Waals surface area contributed by atoms with Crippen LogP contribution >= 0.6 is 0 Å². The van der Waals surface area contributed by atoms with Gasteiger partial charge in [-0.05, 0) is 37.7 Å². The molecule has 0 aliphatic heterocycles. The number of benzene rings is 1. The maximum Gasteiger partial charge on any atom is 0.123 e. The zero-order valence-corrected chi connectivity index (χ0v) is 12.3. The van der Waals surface area contributed by atoms with E-state index >= 15 is 0 Å². The van der Waals surface area contributed by atoms with E-state index in [4.69, 9.17) is 10.6 Å². The minimum atomic E-state index is 0.192. The molecular formula is C16H26N2O. The van der Waals surface area contributed by atoms with Gasteiger partial charge >= 0.3 is 0 Å². The molecule has 0 spiro atoms. The number of methoxy groups -OCH3 is 1. The standard InChI is InChI=1S/C16H26N2O/c1-11-5-4-6-13(9-11)16(18-17)14-10-12(2)7-8-15(14)19-3/h7-8,10-11,13,16,18H,4-6,9,17H2,1-3H3. The minimum Gasteiger partial charge on any atom is -0.496 e. The van der Waals surface area contributed by atoms with E-state index in [1.54, 1.807) is 7.11 Å². The summed E-state index contributed by atoms with van der Waals surface area (Å²) in [6.45, 7) is 4.45. The van der Waals surface area contributed by atoms with E-state index in [0.29, 0.717) is 5.92 Å². The third kappa shape index (κ3) is 3.28. The van der Waals surface area contributed by atoms with E-state index in [9.17, 15) is 0 Å². The Morgan fingerprint density at radius 2 is 2.16 bits per heavy atom. The molecule has 3 nitrogen and oxygen atoms in total. The van der Waals surface area contributed by atoms with E-state index < -0.39 is 0 Å². The summed E-state index contributed by atoms with van der Waals surface area (Å²) in [5.41, 5.74) is 5.48. The van der Waals surface area contributed by atoms with Crippen molar-refractivity contribution in [2.75, 3.05) is 7.11 Å². The lowest BCUT2D eigenvalue weighted by Gasteiger charge is -2.33. The summed E-state index contributed by atoms with van der Waals surface area (Å²) in [5.74, 6) is 8.18. The minimum absolute atomic E-state index is 0.192. The monoisotopic (exact) mass is 262 g/mol. The van der Waals surface area contributed by atoms with Gasteiger partial charge in [0.2, 0.25) is 0 Å². The van der Waals surface area contributed by atoms with Gasteiger partial charge in [-0.3, -0.25) is 11.3 Å². The summed E-state index contributed by atoms with van der Waals surface area (Å²) in [7, 11) is 1.73. The predicted octanol–water partition coefficient (Wildman–Crippen LogP) is 3.33. The Balaban J connectivity index is 2.27. The van der Waals surface area contributed by atoms with E-state index in [1.807, 2.05) is 6.07 Å². The molecule has 1 fully saturated rings. The van der Waals surface area contributed by atoms with Crippen molar-refractivity contribution in [1.82, 2.24) is 5.43 Å². The molecule has 0 amide bonds. The van der Waals surface area contributed by atoms with Crippen LogP contribution in [0.3, 0.4) is 0 Å². The van der Waals surface area contributed by atoms with Crippen LogP contribution in [0.2, 0.25) is 0 Å². The van der Waals surface area contributed by atoms with Gasteiger partial charge in [0.05, 0.1) is 13.2 Å². The van der Waals surface area contributed by atoms with E-state index in [1.165, 1.54) is 36.8 Å². The van der Waals surface area contributed by atoms with Crippen molar-refractivity contribution in [3.63, 3.8) is 0 Å². The van der Waals surface area contributed by atoms with Gasteiger partial charge in [0, 0.05) is 5.56 Å². The zero-order valence-electron chi connectivity index (χ0n) is 12.3. The number of hydrazine groups is 1. The number of nitrogens with one attached hydrogen (secondary N) is 1. The van der Waals surface area contributed by atoms with Crippen molar-refractivity contribution >= 4 is 0 Å². The lowest BCUT2D eigenvalue weighted by molar-refractivity contribution is 0.221.